The highest BCUT2D eigenvalue weighted by molar-refractivity contribution is 7.10. The molecule has 2 aromatic heterocycles. The zero-order valence-corrected chi connectivity index (χ0v) is 19.6. The fraction of sp³-hybridized carbons (Fsp3) is 0.381. The normalized spacial score (nSPS) is 14.2. The van der Waals surface area contributed by atoms with E-state index in [1.54, 1.807) is 28.4 Å². The van der Waals surface area contributed by atoms with Crippen molar-refractivity contribution in [2.24, 2.45) is 0 Å². The maximum Gasteiger partial charge on any atom is 0.410 e. The molecule has 4 rings (SSSR count). The number of nitrogens with zero attached hydrogens (tertiary/aromatic N) is 6. The number of hydrogen-bond acceptors (Lipinski definition) is 8. The van der Waals surface area contributed by atoms with Crippen molar-refractivity contribution in [1.82, 2.24) is 30.1 Å². The molecule has 0 spiro atoms. The summed E-state index contributed by atoms with van der Waals surface area (Å²) in [5.74, 6) is 0.558. The van der Waals surface area contributed by atoms with Crippen LogP contribution >= 0.6 is 22.9 Å². The van der Waals surface area contributed by atoms with Crippen molar-refractivity contribution in [3.05, 3.63) is 51.7 Å². The van der Waals surface area contributed by atoms with Crippen LogP contribution < -0.4 is 4.74 Å². The second-order valence-corrected chi connectivity index (χ2v) is 9.47. The van der Waals surface area contributed by atoms with Crippen molar-refractivity contribution < 1.29 is 14.3 Å². The van der Waals surface area contributed by atoms with Crippen LogP contribution in [0.15, 0.2) is 36.0 Å². The van der Waals surface area contributed by atoms with Crippen LogP contribution in [0.1, 0.15) is 37.9 Å². The van der Waals surface area contributed by atoms with Gasteiger partial charge in [-0.05, 0) is 61.4 Å². The number of benzene rings is 1. The van der Waals surface area contributed by atoms with Gasteiger partial charge in [0.05, 0.1) is 16.4 Å². The van der Waals surface area contributed by atoms with Crippen LogP contribution in [0.25, 0.3) is 11.3 Å². The molecule has 0 N–H and O–H groups in total. The van der Waals surface area contributed by atoms with Gasteiger partial charge < -0.3 is 14.4 Å². The highest BCUT2D eigenvalue weighted by Gasteiger charge is 2.24. The van der Waals surface area contributed by atoms with Crippen LogP contribution in [-0.4, -0.2) is 54.9 Å². The lowest BCUT2D eigenvalue weighted by atomic mass is 10.1. The van der Waals surface area contributed by atoms with E-state index in [1.165, 1.54) is 11.0 Å². The molecule has 0 unspecified atom stereocenters. The molecule has 1 amide bonds. The second-order valence-electron chi connectivity index (χ2n) is 8.21. The summed E-state index contributed by atoms with van der Waals surface area (Å²) in [6.07, 6.45) is 3.97. The minimum absolute atomic E-state index is 0.288. The van der Waals surface area contributed by atoms with Crippen LogP contribution in [-0.2, 0) is 11.3 Å². The lowest BCUT2D eigenvalue weighted by molar-refractivity contribution is 0.0270. The van der Waals surface area contributed by atoms with Gasteiger partial charge in [0.1, 0.15) is 29.3 Å². The molecule has 3 aromatic rings. The largest absolute Gasteiger partial charge is 0.486 e. The van der Waals surface area contributed by atoms with Gasteiger partial charge in [0.2, 0.25) is 0 Å². The average Bonchev–Trinajstić information content (AvgIpc) is 3.44. The van der Waals surface area contributed by atoms with Gasteiger partial charge in [0.15, 0.2) is 0 Å². The molecule has 11 heteroatoms. The van der Waals surface area contributed by atoms with Crippen molar-refractivity contribution in [3.63, 3.8) is 0 Å². The number of amides is 1. The van der Waals surface area contributed by atoms with Gasteiger partial charge in [0, 0.05) is 18.5 Å². The van der Waals surface area contributed by atoms with Gasteiger partial charge in [-0.3, -0.25) is 0 Å². The first-order valence-corrected chi connectivity index (χ1v) is 11.3. The lowest BCUT2D eigenvalue weighted by Gasteiger charge is -2.29. The van der Waals surface area contributed by atoms with E-state index in [1.807, 2.05) is 38.3 Å². The van der Waals surface area contributed by atoms with Gasteiger partial charge in [0.25, 0.3) is 0 Å². The van der Waals surface area contributed by atoms with Gasteiger partial charge >= 0.3 is 6.09 Å². The monoisotopic (exact) mass is 474 g/mol. The van der Waals surface area contributed by atoms with Gasteiger partial charge in [-0.1, -0.05) is 17.7 Å². The molecule has 9 nitrogen and oxygen atoms in total. The molecule has 0 radical (unpaired) electrons. The van der Waals surface area contributed by atoms with Crippen LogP contribution in [0, 0.1) is 0 Å². The molecule has 0 saturated heterocycles. The van der Waals surface area contributed by atoms with E-state index < -0.39 is 5.60 Å². The van der Waals surface area contributed by atoms with Crippen molar-refractivity contribution in [2.75, 3.05) is 13.1 Å². The molecule has 0 bridgehead atoms. The van der Waals surface area contributed by atoms with Crippen LogP contribution in [0.4, 0.5) is 4.79 Å². The predicted octanol–water partition coefficient (Wildman–Crippen LogP) is 4.38. The number of ether oxygens (including phenoxy) is 2. The van der Waals surface area contributed by atoms with E-state index in [0.717, 1.165) is 28.4 Å². The number of hydrogen-bond donors (Lipinski definition) is 0. The Bertz CT molecular complexity index is 1120. The molecule has 0 aliphatic carbocycles. The smallest absolute Gasteiger partial charge is 0.410 e. The van der Waals surface area contributed by atoms with Gasteiger partial charge in [-0.15, -0.1) is 16.4 Å². The number of carbonyl (C=O) groups is 1. The Labute approximate surface area is 194 Å². The third-order valence-electron chi connectivity index (χ3n) is 4.59. The molecule has 1 aliphatic heterocycles. The van der Waals surface area contributed by atoms with Crippen molar-refractivity contribution in [1.29, 1.82) is 0 Å². The Balaban J connectivity index is 1.34. The summed E-state index contributed by atoms with van der Waals surface area (Å²) in [6.45, 7) is 7.02. The highest BCUT2D eigenvalue weighted by atomic mass is 35.5. The minimum Gasteiger partial charge on any atom is -0.486 e. The molecule has 3 heterocycles. The summed E-state index contributed by atoms with van der Waals surface area (Å²) in [5, 5.41) is 14.4. The summed E-state index contributed by atoms with van der Waals surface area (Å²) in [6, 6.07) is 5.35. The predicted molar refractivity (Wildman–Crippen MR) is 121 cm³/mol. The summed E-state index contributed by atoms with van der Waals surface area (Å²) in [7, 11) is 0. The number of carbonyl (C=O) groups excluding carboxylic acids is 1. The van der Waals surface area contributed by atoms with E-state index in [-0.39, 0.29) is 6.09 Å². The summed E-state index contributed by atoms with van der Waals surface area (Å²) < 4.78 is 12.8. The molecular weight excluding hydrogens is 452 g/mol. The van der Waals surface area contributed by atoms with E-state index >= 15 is 0 Å². The number of tetrazole rings is 1. The van der Waals surface area contributed by atoms with E-state index in [9.17, 15) is 4.79 Å². The average molecular weight is 475 g/mol. The van der Waals surface area contributed by atoms with Gasteiger partial charge in [-0.2, -0.15) is 0 Å². The third kappa shape index (κ3) is 5.43. The Morgan fingerprint density at radius 2 is 2.16 bits per heavy atom. The first kappa shape index (κ1) is 22.2. The van der Waals surface area contributed by atoms with Crippen molar-refractivity contribution in [2.45, 2.75) is 39.4 Å². The molecular formula is C21H23ClN6O3S. The molecule has 1 aliphatic rings. The molecule has 0 saturated carbocycles. The first-order valence-electron chi connectivity index (χ1n) is 10.1. The van der Waals surface area contributed by atoms with Crippen molar-refractivity contribution >= 4 is 34.6 Å². The number of thiazole rings is 1. The topological polar surface area (TPSA) is 95.3 Å². The summed E-state index contributed by atoms with van der Waals surface area (Å²) in [5.41, 5.74) is 2.20. The standard InChI is InChI=1S/C21H23ClN6O3S/c1-21(2,3)31-20(29)27-8-6-14(7-9-27)19-24-15(12-32-19)11-30-18-5-4-16(10-17(18)22)28-13-23-25-26-28/h4-6,10,12-13H,7-9,11H2,1-3H3. The molecule has 32 heavy (non-hydrogen) atoms. The Hall–Kier alpha value is -2.98. The second kappa shape index (κ2) is 9.25. The minimum atomic E-state index is -0.498. The number of halogens is 1. The number of aromatic nitrogens is 5. The van der Waals surface area contributed by atoms with Crippen LogP contribution in [0.3, 0.4) is 0 Å². The Kier molecular flexibility index (Phi) is 6.43. The van der Waals surface area contributed by atoms with Crippen LogP contribution in [0.5, 0.6) is 5.75 Å². The SMILES string of the molecule is CC(C)(C)OC(=O)N1CC=C(c2nc(COc3ccc(-n4cnnn4)cc3Cl)cs2)CC1. The molecule has 0 atom stereocenters. The molecule has 168 valence electrons. The highest BCUT2D eigenvalue weighted by Crippen LogP contribution is 2.29. The fourth-order valence-corrected chi connectivity index (χ4v) is 4.16. The Morgan fingerprint density at radius 3 is 2.81 bits per heavy atom. The maximum atomic E-state index is 12.2. The third-order valence-corrected chi connectivity index (χ3v) is 5.85. The van der Waals surface area contributed by atoms with E-state index in [4.69, 9.17) is 21.1 Å². The van der Waals surface area contributed by atoms with Gasteiger partial charge in [-0.25, -0.2) is 14.5 Å². The fourth-order valence-electron chi connectivity index (χ4n) is 3.06. The first-order chi connectivity index (χ1) is 15.3. The van der Waals surface area contributed by atoms with E-state index in [2.05, 4.69) is 20.5 Å². The molecule has 0 fully saturated rings. The number of rotatable bonds is 5. The quantitative estimate of drug-likeness (QED) is 0.541. The zero-order valence-electron chi connectivity index (χ0n) is 18.0. The Morgan fingerprint density at radius 1 is 1.31 bits per heavy atom. The maximum absolute atomic E-state index is 12.2. The molecule has 1 aromatic carbocycles. The van der Waals surface area contributed by atoms with Crippen LogP contribution in [0.2, 0.25) is 5.02 Å². The van der Waals surface area contributed by atoms with E-state index in [0.29, 0.717) is 30.5 Å². The summed E-state index contributed by atoms with van der Waals surface area (Å²) in [4.78, 5) is 18.6. The summed E-state index contributed by atoms with van der Waals surface area (Å²) >= 11 is 7.91. The van der Waals surface area contributed by atoms with Crippen molar-refractivity contribution in [3.8, 4) is 11.4 Å². The lowest BCUT2D eigenvalue weighted by Crippen LogP contribution is -2.39. The zero-order chi connectivity index (χ0) is 22.7.